The normalized spacial score (nSPS) is 19.0. The Morgan fingerprint density at radius 2 is 1.75 bits per heavy atom. The molecule has 1 saturated carbocycles. The van der Waals surface area contributed by atoms with Crippen molar-refractivity contribution in [3.05, 3.63) is 42.1 Å². The molecule has 0 spiro atoms. The first-order valence-corrected chi connectivity index (χ1v) is 10.3. The molecule has 146 valence electrons. The minimum Gasteiger partial charge on any atom is -0.353 e. The fourth-order valence-electron chi connectivity index (χ4n) is 4.50. The van der Waals surface area contributed by atoms with Crippen LogP contribution in [0.5, 0.6) is 0 Å². The highest BCUT2D eigenvalue weighted by atomic mass is 15.3. The van der Waals surface area contributed by atoms with Crippen LogP contribution in [0.4, 0.5) is 5.82 Å². The number of pyridine rings is 1. The van der Waals surface area contributed by atoms with E-state index in [0.717, 1.165) is 55.4 Å². The first-order chi connectivity index (χ1) is 13.8. The van der Waals surface area contributed by atoms with Crippen molar-refractivity contribution < 1.29 is 0 Å². The molecule has 3 aromatic rings. The Bertz CT molecular complexity index is 938. The van der Waals surface area contributed by atoms with Crippen LogP contribution in [-0.2, 0) is 13.6 Å². The zero-order valence-electron chi connectivity index (χ0n) is 16.5. The van der Waals surface area contributed by atoms with Crippen molar-refractivity contribution in [1.82, 2.24) is 29.6 Å². The number of aromatic nitrogens is 5. The maximum atomic E-state index is 5.06. The van der Waals surface area contributed by atoms with Crippen LogP contribution in [0.15, 0.2) is 30.7 Å². The second-order valence-corrected chi connectivity index (χ2v) is 8.01. The number of rotatable bonds is 4. The standard InChI is InChI=1S/C21H27N7/c1-26-20-18(14-23-26)21(25-19(24-20)17-4-2-3-5-17)28-12-10-27(11-13-28)15-16-6-8-22-9-7-16/h6-9,14,17H,2-5,10-13,15H2,1H3. The summed E-state index contributed by atoms with van der Waals surface area (Å²) in [5.41, 5.74) is 2.29. The van der Waals surface area contributed by atoms with Gasteiger partial charge < -0.3 is 4.90 Å². The van der Waals surface area contributed by atoms with E-state index in [2.05, 4.69) is 32.0 Å². The molecular weight excluding hydrogens is 350 g/mol. The minimum atomic E-state index is 0.506. The Hall–Kier alpha value is -2.54. The number of piperazine rings is 1. The molecule has 0 unspecified atom stereocenters. The fourth-order valence-corrected chi connectivity index (χ4v) is 4.50. The van der Waals surface area contributed by atoms with Gasteiger partial charge in [-0.15, -0.1) is 0 Å². The van der Waals surface area contributed by atoms with E-state index >= 15 is 0 Å². The monoisotopic (exact) mass is 377 g/mol. The van der Waals surface area contributed by atoms with Crippen molar-refractivity contribution >= 4 is 16.9 Å². The second-order valence-electron chi connectivity index (χ2n) is 8.01. The summed E-state index contributed by atoms with van der Waals surface area (Å²) in [7, 11) is 1.98. The predicted octanol–water partition coefficient (Wildman–Crippen LogP) is 2.74. The van der Waals surface area contributed by atoms with Gasteiger partial charge in [0.2, 0.25) is 0 Å². The van der Waals surface area contributed by atoms with Crippen LogP contribution in [0.2, 0.25) is 0 Å². The van der Waals surface area contributed by atoms with Gasteiger partial charge in [-0.25, -0.2) is 9.97 Å². The highest BCUT2D eigenvalue weighted by molar-refractivity contribution is 5.87. The van der Waals surface area contributed by atoms with E-state index in [4.69, 9.17) is 9.97 Å². The van der Waals surface area contributed by atoms with Gasteiger partial charge in [0.25, 0.3) is 0 Å². The molecule has 0 bridgehead atoms. The van der Waals surface area contributed by atoms with E-state index in [0.29, 0.717) is 5.92 Å². The average molecular weight is 377 g/mol. The average Bonchev–Trinajstić information content (AvgIpc) is 3.39. The highest BCUT2D eigenvalue weighted by Crippen LogP contribution is 2.35. The first kappa shape index (κ1) is 17.6. The predicted molar refractivity (Wildman–Crippen MR) is 109 cm³/mol. The lowest BCUT2D eigenvalue weighted by Crippen LogP contribution is -2.46. The van der Waals surface area contributed by atoms with E-state index in [1.165, 1.54) is 31.2 Å². The van der Waals surface area contributed by atoms with Gasteiger partial charge in [0.15, 0.2) is 5.65 Å². The zero-order chi connectivity index (χ0) is 18.9. The van der Waals surface area contributed by atoms with Crippen molar-refractivity contribution in [2.24, 2.45) is 7.05 Å². The summed E-state index contributed by atoms with van der Waals surface area (Å²) in [5.74, 6) is 2.59. The van der Waals surface area contributed by atoms with Gasteiger partial charge in [-0.3, -0.25) is 14.6 Å². The lowest BCUT2D eigenvalue weighted by atomic mass is 10.1. The molecule has 0 amide bonds. The molecule has 28 heavy (non-hydrogen) atoms. The third-order valence-corrected chi connectivity index (χ3v) is 6.14. The quantitative estimate of drug-likeness (QED) is 0.697. The van der Waals surface area contributed by atoms with Crippen LogP contribution in [0.3, 0.4) is 0 Å². The summed E-state index contributed by atoms with van der Waals surface area (Å²) in [6, 6.07) is 4.20. The van der Waals surface area contributed by atoms with Crippen LogP contribution in [0.25, 0.3) is 11.0 Å². The van der Waals surface area contributed by atoms with Crippen molar-refractivity contribution in [2.75, 3.05) is 31.1 Å². The Kier molecular flexibility index (Phi) is 4.68. The number of nitrogens with zero attached hydrogens (tertiary/aromatic N) is 7. The van der Waals surface area contributed by atoms with Gasteiger partial charge in [0.1, 0.15) is 11.6 Å². The molecule has 4 heterocycles. The van der Waals surface area contributed by atoms with E-state index in [9.17, 15) is 0 Å². The van der Waals surface area contributed by atoms with Crippen LogP contribution in [0, 0.1) is 0 Å². The summed E-state index contributed by atoms with van der Waals surface area (Å²) in [6.07, 6.45) is 10.7. The number of aryl methyl sites for hydroxylation is 1. The number of fused-ring (bicyclic) bond motifs is 1. The molecule has 2 fully saturated rings. The fraction of sp³-hybridized carbons (Fsp3) is 0.524. The SMILES string of the molecule is Cn1ncc2c(N3CCN(Cc4ccncc4)CC3)nc(C3CCCC3)nc21. The third kappa shape index (κ3) is 3.35. The Morgan fingerprint density at radius 3 is 2.50 bits per heavy atom. The molecule has 0 radical (unpaired) electrons. The molecule has 0 aromatic carbocycles. The maximum absolute atomic E-state index is 5.06. The summed E-state index contributed by atoms with van der Waals surface area (Å²) in [4.78, 5) is 19.0. The van der Waals surface area contributed by atoms with Gasteiger partial charge in [0, 0.05) is 58.1 Å². The summed E-state index contributed by atoms with van der Waals surface area (Å²) >= 11 is 0. The Balaban J connectivity index is 1.37. The first-order valence-electron chi connectivity index (χ1n) is 10.3. The third-order valence-electron chi connectivity index (χ3n) is 6.14. The highest BCUT2D eigenvalue weighted by Gasteiger charge is 2.26. The smallest absolute Gasteiger partial charge is 0.163 e. The summed E-state index contributed by atoms with van der Waals surface area (Å²) < 4.78 is 1.89. The molecule has 0 N–H and O–H groups in total. The van der Waals surface area contributed by atoms with E-state index in [-0.39, 0.29) is 0 Å². The van der Waals surface area contributed by atoms with Crippen molar-refractivity contribution in [1.29, 1.82) is 0 Å². The number of hydrogen-bond acceptors (Lipinski definition) is 6. The van der Waals surface area contributed by atoms with E-state index in [1.54, 1.807) is 0 Å². The zero-order valence-corrected chi connectivity index (χ0v) is 16.5. The topological polar surface area (TPSA) is 63.0 Å². The van der Waals surface area contributed by atoms with Gasteiger partial charge in [-0.1, -0.05) is 12.8 Å². The molecule has 7 heteroatoms. The second kappa shape index (κ2) is 7.47. The van der Waals surface area contributed by atoms with E-state index in [1.807, 2.05) is 30.3 Å². The van der Waals surface area contributed by atoms with Crippen molar-refractivity contribution in [3.8, 4) is 0 Å². The van der Waals surface area contributed by atoms with Crippen molar-refractivity contribution in [3.63, 3.8) is 0 Å². The molecule has 1 aliphatic carbocycles. The maximum Gasteiger partial charge on any atom is 0.163 e. The Morgan fingerprint density at radius 1 is 1.00 bits per heavy atom. The van der Waals surface area contributed by atoms with Gasteiger partial charge >= 0.3 is 0 Å². The van der Waals surface area contributed by atoms with Crippen LogP contribution >= 0.6 is 0 Å². The molecule has 7 nitrogen and oxygen atoms in total. The van der Waals surface area contributed by atoms with Gasteiger partial charge in [-0.2, -0.15) is 5.10 Å². The molecular formula is C21H27N7. The minimum absolute atomic E-state index is 0.506. The molecule has 1 aliphatic heterocycles. The number of hydrogen-bond donors (Lipinski definition) is 0. The molecule has 0 atom stereocenters. The number of anilines is 1. The largest absolute Gasteiger partial charge is 0.353 e. The van der Waals surface area contributed by atoms with Gasteiger partial charge in [0.05, 0.1) is 11.6 Å². The molecule has 5 rings (SSSR count). The van der Waals surface area contributed by atoms with Crippen LogP contribution in [-0.4, -0.2) is 55.8 Å². The van der Waals surface area contributed by atoms with Gasteiger partial charge in [-0.05, 0) is 30.5 Å². The molecule has 2 aliphatic rings. The van der Waals surface area contributed by atoms with Crippen molar-refractivity contribution in [2.45, 2.75) is 38.1 Å². The van der Waals surface area contributed by atoms with Crippen LogP contribution in [0.1, 0.15) is 43.0 Å². The lowest BCUT2D eigenvalue weighted by molar-refractivity contribution is 0.249. The lowest BCUT2D eigenvalue weighted by Gasteiger charge is -2.35. The van der Waals surface area contributed by atoms with E-state index < -0.39 is 0 Å². The summed E-state index contributed by atoms with van der Waals surface area (Å²) in [6.45, 7) is 5.02. The summed E-state index contributed by atoms with van der Waals surface area (Å²) in [5, 5.41) is 5.54. The molecule has 1 saturated heterocycles. The Labute approximate surface area is 165 Å². The molecule has 3 aromatic heterocycles. The van der Waals surface area contributed by atoms with Crippen LogP contribution < -0.4 is 4.90 Å².